The highest BCUT2D eigenvalue weighted by Gasteiger charge is 2.17. The van der Waals surface area contributed by atoms with Gasteiger partial charge in [0.25, 0.3) is 0 Å². The zero-order chi connectivity index (χ0) is 13.1. The van der Waals surface area contributed by atoms with Crippen LogP contribution < -0.4 is 5.73 Å². The van der Waals surface area contributed by atoms with Crippen molar-refractivity contribution in [1.29, 1.82) is 0 Å². The van der Waals surface area contributed by atoms with E-state index in [0.29, 0.717) is 13.0 Å². The molecular weight excluding hydrogens is 270 g/mol. The zero-order valence-corrected chi connectivity index (χ0v) is 11.6. The molecule has 1 aromatic heterocycles. The van der Waals surface area contributed by atoms with Gasteiger partial charge in [-0.1, -0.05) is 23.7 Å². The van der Waals surface area contributed by atoms with E-state index in [0.717, 1.165) is 20.7 Å². The van der Waals surface area contributed by atoms with Crippen LogP contribution >= 0.6 is 22.9 Å². The Morgan fingerprint density at radius 1 is 1.56 bits per heavy atom. The molecule has 18 heavy (non-hydrogen) atoms. The van der Waals surface area contributed by atoms with Crippen LogP contribution in [0.1, 0.15) is 12.5 Å². The molecule has 96 valence electrons. The van der Waals surface area contributed by atoms with Gasteiger partial charge in [-0.3, -0.25) is 4.79 Å². The molecule has 3 nitrogen and oxygen atoms in total. The number of nitrogens with two attached hydrogens (primary N) is 1. The first kappa shape index (κ1) is 13.3. The minimum Gasteiger partial charge on any atom is -0.465 e. The van der Waals surface area contributed by atoms with Crippen LogP contribution in [0.4, 0.5) is 0 Å². The first-order chi connectivity index (χ1) is 8.63. The van der Waals surface area contributed by atoms with Crippen LogP contribution in [-0.2, 0) is 16.0 Å². The normalized spacial score (nSPS) is 12.6. The molecule has 2 rings (SSSR count). The van der Waals surface area contributed by atoms with Crippen molar-refractivity contribution in [2.75, 3.05) is 6.61 Å². The molecule has 0 aliphatic carbocycles. The Morgan fingerprint density at radius 2 is 2.33 bits per heavy atom. The van der Waals surface area contributed by atoms with Gasteiger partial charge >= 0.3 is 5.97 Å². The molecule has 0 unspecified atom stereocenters. The average molecular weight is 284 g/mol. The maximum Gasteiger partial charge on any atom is 0.323 e. The van der Waals surface area contributed by atoms with Gasteiger partial charge in [-0.2, -0.15) is 0 Å². The Kier molecular flexibility index (Phi) is 4.22. The highest BCUT2D eigenvalue weighted by Crippen LogP contribution is 2.32. The number of halogens is 1. The van der Waals surface area contributed by atoms with E-state index in [9.17, 15) is 4.79 Å². The van der Waals surface area contributed by atoms with Crippen LogP contribution in [0, 0.1) is 0 Å². The maximum absolute atomic E-state index is 11.5. The van der Waals surface area contributed by atoms with Gasteiger partial charge in [0, 0.05) is 0 Å². The third-order valence-corrected chi connectivity index (χ3v) is 4.17. The molecule has 0 radical (unpaired) electrons. The van der Waals surface area contributed by atoms with Gasteiger partial charge in [-0.05, 0) is 35.7 Å². The van der Waals surface area contributed by atoms with Crippen molar-refractivity contribution in [3.8, 4) is 0 Å². The Balaban J connectivity index is 2.22. The van der Waals surface area contributed by atoms with Crippen molar-refractivity contribution in [3.63, 3.8) is 0 Å². The van der Waals surface area contributed by atoms with Crippen LogP contribution in [0.3, 0.4) is 0 Å². The topological polar surface area (TPSA) is 52.3 Å². The van der Waals surface area contributed by atoms with Crippen molar-refractivity contribution in [2.45, 2.75) is 19.4 Å². The molecule has 0 bridgehead atoms. The molecule has 0 spiro atoms. The number of thiophene rings is 1. The maximum atomic E-state index is 11.5. The second-order valence-corrected chi connectivity index (χ2v) is 5.23. The smallest absolute Gasteiger partial charge is 0.323 e. The van der Waals surface area contributed by atoms with E-state index in [4.69, 9.17) is 22.1 Å². The standard InChI is InChI=1S/C13H14ClNO2S/c1-2-17-13(16)11(15)6-8-7-18-12-9(8)4-3-5-10(12)14/h3-5,7,11H,2,6,15H2,1H3/t11-/m0/s1. The fourth-order valence-corrected chi connectivity index (χ4v) is 3.10. The molecule has 2 aromatic rings. The third-order valence-electron chi connectivity index (χ3n) is 2.66. The number of carbonyl (C=O) groups excluding carboxylic acids is 1. The third kappa shape index (κ3) is 2.66. The fraction of sp³-hybridized carbons (Fsp3) is 0.308. The van der Waals surface area contributed by atoms with E-state index < -0.39 is 6.04 Å². The first-order valence-electron chi connectivity index (χ1n) is 5.70. The number of hydrogen-bond donors (Lipinski definition) is 1. The van der Waals surface area contributed by atoms with Gasteiger partial charge in [0.05, 0.1) is 16.3 Å². The first-order valence-corrected chi connectivity index (χ1v) is 6.96. The Labute approximate surface area is 114 Å². The molecule has 1 heterocycles. The zero-order valence-electron chi connectivity index (χ0n) is 9.98. The van der Waals surface area contributed by atoms with E-state index in [1.807, 2.05) is 23.6 Å². The monoisotopic (exact) mass is 283 g/mol. The molecule has 1 aromatic carbocycles. The Hall–Kier alpha value is -1.10. The van der Waals surface area contributed by atoms with Crippen molar-refractivity contribution >= 4 is 39.0 Å². The molecule has 0 saturated carbocycles. The Morgan fingerprint density at radius 3 is 3.06 bits per heavy atom. The highest BCUT2D eigenvalue weighted by atomic mass is 35.5. The quantitative estimate of drug-likeness (QED) is 0.878. The van der Waals surface area contributed by atoms with E-state index >= 15 is 0 Å². The van der Waals surface area contributed by atoms with Gasteiger partial charge in [-0.25, -0.2) is 0 Å². The molecule has 2 N–H and O–H groups in total. The number of carbonyl (C=O) groups is 1. The van der Waals surface area contributed by atoms with Crippen molar-refractivity contribution < 1.29 is 9.53 Å². The van der Waals surface area contributed by atoms with Crippen LogP contribution in [0.25, 0.3) is 10.1 Å². The van der Waals surface area contributed by atoms with Crippen molar-refractivity contribution in [1.82, 2.24) is 0 Å². The lowest BCUT2D eigenvalue weighted by atomic mass is 10.1. The second-order valence-electron chi connectivity index (χ2n) is 3.94. The number of esters is 1. The molecule has 0 fully saturated rings. The summed E-state index contributed by atoms with van der Waals surface area (Å²) in [5.41, 5.74) is 6.86. The van der Waals surface area contributed by atoms with E-state index in [-0.39, 0.29) is 5.97 Å². The fourth-order valence-electron chi connectivity index (χ4n) is 1.80. The second kappa shape index (κ2) is 5.69. The molecule has 5 heteroatoms. The van der Waals surface area contributed by atoms with Crippen LogP contribution in [0.5, 0.6) is 0 Å². The Bertz CT molecular complexity index is 567. The highest BCUT2D eigenvalue weighted by molar-refractivity contribution is 7.18. The summed E-state index contributed by atoms with van der Waals surface area (Å²) < 4.78 is 5.93. The summed E-state index contributed by atoms with van der Waals surface area (Å²) in [5.74, 6) is -0.362. The molecule has 0 amide bonds. The lowest BCUT2D eigenvalue weighted by Gasteiger charge is -2.09. The summed E-state index contributed by atoms with van der Waals surface area (Å²) in [7, 11) is 0. The van der Waals surface area contributed by atoms with Crippen molar-refractivity contribution in [2.24, 2.45) is 5.73 Å². The molecule has 0 aliphatic rings. The molecule has 0 saturated heterocycles. The van der Waals surface area contributed by atoms with Crippen LogP contribution in [-0.4, -0.2) is 18.6 Å². The predicted molar refractivity (Wildman–Crippen MR) is 75.1 cm³/mol. The van der Waals surface area contributed by atoms with Gasteiger partial charge in [0.15, 0.2) is 0 Å². The summed E-state index contributed by atoms with van der Waals surface area (Å²) >= 11 is 7.67. The summed E-state index contributed by atoms with van der Waals surface area (Å²) in [5, 5.41) is 3.79. The van der Waals surface area contributed by atoms with Gasteiger partial charge in [0.1, 0.15) is 6.04 Å². The summed E-state index contributed by atoms with van der Waals surface area (Å²) in [6, 6.07) is 5.12. The average Bonchev–Trinajstić information content (AvgIpc) is 2.74. The number of fused-ring (bicyclic) bond motifs is 1. The van der Waals surface area contributed by atoms with Crippen LogP contribution in [0.2, 0.25) is 5.02 Å². The summed E-state index contributed by atoms with van der Waals surface area (Å²) in [6.45, 7) is 2.12. The van der Waals surface area contributed by atoms with Crippen LogP contribution in [0.15, 0.2) is 23.6 Å². The minimum atomic E-state index is -0.623. The number of rotatable bonds is 4. The van der Waals surface area contributed by atoms with Gasteiger partial charge in [0.2, 0.25) is 0 Å². The molecule has 0 aliphatic heterocycles. The van der Waals surface area contributed by atoms with E-state index in [2.05, 4.69) is 0 Å². The minimum absolute atomic E-state index is 0.350. The summed E-state index contributed by atoms with van der Waals surface area (Å²) in [6.07, 6.45) is 0.471. The lowest BCUT2D eigenvalue weighted by molar-refractivity contribution is -0.144. The van der Waals surface area contributed by atoms with E-state index in [1.165, 1.54) is 0 Å². The number of hydrogen-bond acceptors (Lipinski definition) is 4. The lowest BCUT2D eigenvalue weighted by Crippen LogP contribution is -2.34. The molecule has 1 atom stereocenters. The number of ether oxygens (including phenoxy) is 1. The van der Waals surface area contributed by atoms with Gasteiger partial charge < -0.3 is 10.5 Å². The molecular formula is C13H14ClNO2S. The largest absolute Gasteiger partial charge is 0.465 e. The van der Waals surface area contributed by atoms with Crippen molar-refractivity contribution in [3.05, 3.63) is 34.2 Å². The predicted octanol–water partition coefficient (Wildman–Crippen LogP) is 2.99. The summed E-state index contributed by atoms with van der Waals surface area (Å²) in [4.78, 5) is 11.5. The number of benzene rings is 1. The SMILES string of the molecule is CCOC(=O)[C@@H](N)Cc1csc2c(Cl)cccc12. The van der Waals surface area contributed by atoms with E-state index in [1.54, 1.807) is 18.3 Å². The van der Waals surface area contributed by atoms with Gasteiger partial charge in [-0.15, -0.1) is 11.3 Å².